The second kappa shape index (κ2) is 6.50. The molecule has 2 unspecified atom stereocenters. The molecule has 0 saturated carbocycles. The fraction of sp³-hybridized carbons (Fsp3) is 0.923. The van der Waals surface area contributed by atoms with Gasteiger partial charge in [-0.15, -0.1) is 0 Å². The van der Waals surface area contributed by atoms with Crippen LogP contribution in [-0.4, -0.2) is 55.2 Å². The van der Waals surface area contributed by atoms with Gasteiger partial charge in [0.1, 0.15) is 5.54 Å². The molecule has 18 heavy (non-hydrogen) atoms. The molecule has 1 aliphatic heterocycles. The predicted molar refractivity (Wildman–Crippen MR) is 72.3 cm³/mol. The van der Waals surface area contributed by atoms with Crippen LogP contribution >= 0.6 is 0 Å². The van der Waals surface area contributed by atoms with Gasteiger partial charge < -0.3 is 15.8 Å². The third-order valence-corrected chi connectivity index (χ3v) is 3.49. The standard InChI is InChI=1S/C13H27N3O2/c1-10(2)15-13(3,12(14)17)9-16-7-5-6-11(8-16)18-4/h10-11,15H,5-9H2,1-4H3,(H2,14,17). The van der Waals surface area contributed by atoms with Crippen LogP contribution in [0.25, 0.3) is 0 Å². The van der Waals surface area contributed by atoms with E-state index in [0.717, 1.165) is 25.9 Å². The van der Waals surface area contributed by atoms with Gasteiger partial charge in [-0.1, -0.05) is 0 Å². The van der Waals surface area contributed by atoms with Crippen molar-refractivity contribution in [1.29, 1.82) is 0 Å². The van der Waals surface area contributed by atoms with E-state index in [2.05, 4.69) is 10.2 Å². The van der Waals surface area contributed by atoms with Crippen molar-refractivity contribution in [3.8, 4) is 0 Å². The van der Waals surface area contributed by atoms with Gasteiger partial charge in [-0.05, 0) is 40.2 Å². The first-order chi connectivity index (χ1) is 8.37. The van der Waals surface area contributed by atoms with E-state index in [1.54, 1.807) is 7.11 Å². The molecule has 1 rings (SSSR count). The van der Waals surface area contributed by atoms with E-state index < -0.39 is 5.54 Å². The van der Waals surface area contributed by atoms with Crippen molar-refractivity contribution < 1.29 is 9.53 Å². The van der Waals surface area contributed by atoms with Gasteiger partial charge in [0.2, 0.25) is 5.91 Å². The predicted octanol–water partition coefficient (Wildman–Crippen LogP) is 0.339. The van der Waals surface area contributed by atoms with E-state index in [1.807, 2.05) is 20.8 Å². The minimum Gasteiger partial charge on any atom is -0.380 e. The SMILES string of the molecule is COC1CCCN(CC(C)(NC(C)C)C(N)=O)C1. The molecule has 106 valence electrons. The summed E-state index contributed by atoms with van der Waals surface area (Å²) in [6.45, 7) is 8.44. The number of hydrogen-bond donors (Lipinski definition) is 2. The normalized spacial score (nSPS) is 25.1. The number of methoxy groups -OCH3 is 1. The Morgan fingerprint density at radius 1 is 1.61 bits per heavy atom. The van der Waals surface area contributed by atoms with Gasteiger partial charge in [0, 0.05) is 26.2 Å². The summed E-state index contributed by atoms with van der Waals surface area (Å²) in [6.07, 6.45) is 2.47. The third kappa shape index (κ3) is 4.23. The van der Waals surface area contributed by atoms with Crippen molar-refractivity contribution in [2.24, 2.45) is 5.73 Å². The number of piperidine rings is 1. The number of carbonyl (C=O) groups excluding carboxylic acids is 1. The number of ether oxygens (including phenoxy) is 1. The molecular weight excluding hydrogens is 230 g/mol. The molecule has 1 aliphatic rings. The summed E-state index contributed by atoms with van der Waals surface area (Å²) in [6, 6.07) is 0.227. The number of likely N-dealkylation sites (tertiary alicyclic amines) is 1. The van der Waals surface area contributed by atoms with Crippen LogP contribution in [0.3, 0.4) is 0 Å². The molecule has 0 aromatic carbocycles. The second-order valence-electron chi connectivity index (χ2n) is 5.73. The van der Waals surface area contributed by atoms with Crippen LogP contribution in [-0.2, 0) is 9.53 Å². The van der Waals surface area contributed by atoms with Crippen molar-refractivity contribution >= 4 is 5.91 Å². The van der Waals surface area contributed by atoms with Gasteiger partial charge in [0.15, 0.2) is 0 Å². The largest absolute Gasteiger partial charge is 0.380 e. The first-order valence-electron chi connectivity index (χ1n) is 6.70. The second-order valence-corrected chi connectivity index (χ2v) is 5.73. The molecule has 1 heterocycles. The fourth-order valence-electron chi connectivity index (χ4n) is 2.63. The summed E-state index contributed by atoms with van der Waals surface area (Å²) in [7, 11) is 1.74. The van der Waals surface area contributed by atoms with Gasteiger partial charge in [0.05, 0.1) is 6.10 Å². The van der Waals surface area contributed by atoms with E-state index in [-0.39, 0.29) is 18.1 Å². The Hall–Kier alpha value is -0.650. The molecule has 3 N–H and O–H groups in total. The number of nitrogens with zero attached hydrogens (tertiary/aromatic N) is 1. The Labute approximate surface area is 110 Å². The Bertz CT molecular complexity index is 283. The summed E-state index contributed by atoms with van der Waals surface area (Å²) < 4.78 is 5.40. The summed E-state index contributed by atoms with van der Waals surface area (Å²) >= 11 is 0. The fourth-order valence-corrected chi connectivity index (χ4v) is 2.63. The van der Waals surface area contributed by atoms with Crippen molar-refractivity contribution in [1.82, 2.24) is 10.2 Å². The monoisotopic (exact) mass is 257 g/mol. The average Bonchev–Trinajstić information content (AvgIpc) is 2.27. The van der Waals surface area contributed by atoms with Crippen LogP contribution in [0, 0.1) is 0 Å². The number of carbonyl (C=O) groups is 1. The van der Waals surface area contributed by atoms with Crippen LogP contribution in [0.5, 0.6) is 0 Å². The molecule has 5 nitrogen and oxygen atoms in total. The number of rotatable bonds is 6. The van der Waals surface area contributed by atoms with E-state index >= 15 is 0 Å². The molecule has 0 bridgehead atoms. The van der Waals surface area contributed by atoms with Gasteiger partial charge in [-0.25, -0.2) is 0 Å². The van der Waals surface area contributed by atoms with Gasteiger partial charge in [-0.3, -0.25) is 9.69 Å². The van der Waals surface area contributed by atoms with Crippen molar-refractivity contribution in [2.75, 3.05) is 26.7 Å². The quantitative estimate of drug-likeness (QED) is 0.720. The molecule has 1 saturated heterocycles. The summed E-state index contributed by atoms with van der Waals surface area (Å²) in [5.41, 5.74) is 4.87. The summed E-state index contributed by atoms with van der Waals surface area (Å²) in [5, 5.41) is 3.28. The molecule has 0 radical (unpaired) electrons. The Kier molecular flexibility index (Phi) is 5.56. The van der Waals surface area contributed by atoms with E-state index in [0.29, 0.717) is 6.54 Å². The zero-order valence-electron chi connectivity index (χ0n) is 12.0. The molecule has 0 aliphatic carbocycles. The van der Waals surface area contributed by atoms with Crippen LogP contribution in [0.4, 0.5) is 0 Å². The molecular formula is C13H27N3O2. The zero-order chi connectivity index (χ0) is 13.8. The maximum absolute atomic E-state index is 11.7. The lowest BCUT2D eigenvalue weighted by molar-refractivity contribution is -0.125. The lowest BCUT2D eigenvalue weighted by Gasteiger charge is -2.39. The minimum atomic E-state index is -0.677. The van der Waals surface area contributed by atoms with Gasteiger partial charge in [-0.2, -0.15) is 0 Å². The molecule has 2 atom stereocenters. The molecule has 0 spiro atoms. The highest BCUT2D eigenvalue weighted by Crippen LogP contribution is 2.16. The average molecular weight is 257 g/mol. The first-order valence-corrected chi connectivity index (χ1v) is 6.70. The highest BCUT2D eigenvalue weighted by atomic mass is 16.5. The smallest absolute Gasteiger partial charge is 0.238 e. The first kappa shape index (κ1) is 15.4. The Morgan fingerprint density at radius 2 is 2.28 bits per heavy atom. The van der Waals surface area contributed by atoms with Crippen LogP contribution in [0.2, 0.25) is 0 Å². The molecule has 0 aromatic rings. The lowest BCUT2D eigenvalue weighted by atomic mass is 9.97. The number of nitrogens with one attached hydrogen (secondary N) is 1. The zero-order valence-corrected chi connectivity index (χ0v) is 12.0. The third-order valence-electron chi connectivity index (χ3n) is 3.49. The minimum absolute atomic E-state index is 0.227. The molecule has 5 heteroatoms. The maximum Gasteiger partial charge on any atom is 0.238 e. The van der Waals surface area contributed by atoms with Crippen LogP contribution < -0.4 is 11.1 Å². The highest BCUT2D eigenvalue weighted by molar-refractivity contribution is 5.84. The van der Waals surface area contributed by atoms with Crippen molar-refractivity contribution in [3.63, 3.8) is 0 Å². The van der Waals surface area contributed by atoms with Gasteiger partial charge >= 0.3 is 0 Å². The number of nitrogens with two attached hydrogens (primary N) is 1. The van der Waals surface area contributed by atoms with Crippen LogP contribution in [0.1, 0.15) is 33.6 Å². The van der Waals surface area contributed by atoms with Gasteiger partial charge in [0.25, 0.3) is 0 Å². The maximum atomic E-state index is 11.7. The molecule has 1 fully saturated rings. The number of primary amides is 1. The van der Waals surface area contributed by atoms with Crippen molar-refractivity contribution in [2.45, 2.75) is 51.3 Å². The van der Waals surface area contributed by atoms with Crippen LogP contribution in [0.15, 0.2) is 0 Å². The summed E-state index contributed by atoms with van der Waals surface area (Å²) in [5.74, 6) is -0.296. The van der Waals surface area contributed by atoms with E-state index in [1.165, 1.54) is 0 Å². The molecule has 0 aromatic heterocycles. The number of hydrogen-bond acceptors (Lipinski definition) is 4. The van der Waals surface area contributed by atoms with Crippen molar-refractivity contribution in [3.05, 3.63) is 0 Å². The van der Waals surface area contributed by atoms with E-state index in [9.17, 15) is 4.79 Å². The lowest BCUT2D eigenvalue weighted by Crippen LogP contribution is -2.62. The Balaban J connectivity index is 2.63. The highest BCUT2D eigenvalue weighted by Gasteiger charge is 2.35. The topological polar surface area (TPSA) is 67.6 Å². The number of amides is 1. The Morgan fingerprint density at radius 3 is 2.78 bits per heavy atom. The molecule has 1 amide bonds. The van der Waals surface area contributed by atoms with E-state index in [4.69, 9.17) is 10.5 Å². The summed E-state index contributed by atoms with van der Waals surface area (Å²) in [4.78, 5) is 13.9.